The standard InChI is InChI=1S/C23H38N6.HI/c1-5-28(6-2)17-10-11-20(3)27-23(24-4)26-15-14-22-25-16-18-29(22)19-21-12-8-7-9-13-21;/h7-9,12-13,16,18,20H,5-6,10-11,14-15,17,19H2,1-4H3,(H2,24,26,27);1H. The van der Waals surface area contributed by atoms with Crippen LogP contribution in [-0.2, 0) is 13.0 Å². The fraction of sp³-hybridized carbons (Fsp3) is 0.565. The van der Waals surface area contributed by atoms with Crippen LogP contribution in [0.2, 0.25) is 0 Å². The summed E-state index contributed by atoms with van der Waals surface area (Å²) >= 11 is 0. The van der Waals surface area contributed by atoms with E-state index in [2.05, 4.69) is 75.1 Å². The molecule has 0 radical (unpaired) electrons. The van der Waals surface area contributed by atoms with Crippen molar-refractivity contribution in [3.8, 4) is 0 Å². The highest BCUT2D eigenvalue weighted by Crippen LogP contribution is 2.06. The second kappa shape index (κ2) is 15.2. The van der Waals surface area contributed by atoms with E-state index in [4.69, 9.17) is 0 Å². The Balaban J connectivity index is 0.00000450. The van der Waals surface area contributed by atoms with Gasteiger partial charge < -0.3 is 20.1 Å². The van der Waals surface area contributed by atoms with Gasteiger partial charge in [0.05, 0.1) is 0 Å². The first kappa shape index (κ1) is 26.4. The van der Waals surface area contributed by atoms with E-state index < -0.39 is 0 Å². The lowest BCUT2D eigenvalue weighted by Crippen LogP contribution is -2.43. The van der Waals surface area contributed by atoms with Crippen molar-refractivity contribution in [2.24, 2.45) is 4.99 Å². The summed E-state index contributed by atoms with van der Waals surface area (Å²) in [6.07, 6.45) is 7.12. The molecule has 2 N–H and O–H groups in total. The maximum atomic E-state index is 4.53. The number of rotatable bonds is 12. The lowest BCUT2D eigenvalue weighted by atomic mass is 10.2. The Bertz CT molecular complexity index is 711. The molecule has 6 nitrogen and oxygen atoms in total. The highest BCUT2D eigenvalue weighted by atomic mass is 127. The number of hydrogen-bond donors (Lipinski definition) is 2. The second-order valence-corrected chi connectivity index (χ2v) is 7.42. The van der Waals surface area contributed by atoms with E-state index in [-0.39, 0.29) is 24.0 Å². The van der Waals surface area contributed by atoms with E-state index in [0.29, 0.717) is 6.04 Å². The molecule has 0 bridgehead atoms. The first-order chi connectivity index (χ1) is 14.2. The van der Waals surface area contributed by atoms with Crippen molar-refractivity contribution >= 4 is 29.9 Å². The number of imidazole rings is 1. The molecule has 2 rings (SSSR count). The lowest BCUT2D eigenvalue weighted by molar-refractivity contribution is 0.292. The van der Waals surface area contributed by atoms with E-state index in [9.17, 15) is 0 Å². The predicted octanol–water partition coefficient (Wildman–Crippen LogP) is 3.77. The minimum Gasteiger partial charge on any atom is -0.356 e. The van der Waals surface area contributed by atoms with Gasteiger partial charge in [0.1, 0.15) is 5.82 Å². The number of guanidine groups is 1. The summed E-state index contributed by atoms with van der Waals surface area (Å²) in [5, 5.41) is 6.93. The Kier molecular flexibility index (Phi) is 13.4. The van der Waals surface area contributed by atoms with Crippen molar-refractivity contribution in [1.29, 1.82) is 0 Å². The Morgan fingerprint density at radius 3 is 2.60 bits per heavy atom. The zero-order chi connectivity index (χ0) is 20.9. The Labute approximate surface area is 199 Å². The van der Waals surface area contributed by atoms with Crippen LogP contribution in [0, 0.1) is 0 Å². The second-order valence-electron chi connectivity index (χ2n) is 7.42. The van der Waals surface area contributed by atoms with Gasteiger partial charge in [-0.05, 0) is 45.0 Å². The van der Waals surface area contributed by atoms with Crippen LogP contribution in [0.3, 0.4) is 0 Å². The van der Waals surface area contributed by atoms with Crippen LogP contribution in [0.15, 0.2) is 47.7 Å². The Morgan fingerprint density at radius 2 is 1.93 bits per heavy atom. The van der Waals surface area contributed by atoms with Crippen LogP contribution < -0.4 is 10.6 Å². The summed E-state index contributed by atoms with van der Waals surface area (Å²) in [6.45, 7) is 11.7. The van der Waals surface area contributed by atoms with Gasteiger partial charge in [-0.2, -0.15) is 0 Å². The van der Waals surface area contributed by atoms with Crippen LogP contribution in [0.25, 0.3) is 0 Å². The highest BCUT2D eigenvalue weighted by molar-refractivity contribution is 14.0. The van der Waals surface area contributed by atoms with E-state index in [1.165, 1.54) is 12.0 Å². The first-order valence-corrected chi connectivity index (χ1v) is 10.9. The molecular weight excluding hydrogens is 487 g/mol. The van der Waals surface area contributed by atoms with Crippen molar-refractivity contribution in [3.63, 3.8) is 0 Å². The van der Waals surface area contributed by atoms with Crippen LogP contribution in [0.4, 0.5) is 0 Å². The molecule has 1 atom stereocenters. The van der Waals surface area contributed by atoms with Gasteiger partial charge in [-0.1, -0.05) is 44.2 Å². The van der Waals surface area contributed by atoms with Gasteiger partial charge in [-0.15, -0.1) is 24.0 Å². The number of nitrogens with one attached hydrogen (secondary N) is 2. The summed E-state index contributed by atoms with van der Waals surface area (Å²) in [4.78, 5) is 11.4. The number of benzene rings is 1. The molecule has 0 aliphatic rings. The SMILES string of the molecule is CCN(CC)CCCC(C)NC(=NC)NCCc1nccn1Cc1ccccc1.I. The molecule has 0 fully saturated rings. The average Bonchev–Trinajstić information content (AvgIpc) is 3.18. The van der Waals surface area contributed by atoms with E-state index in [0.717, 1.165) is 57.3 Å². The summed E-state index contributed by atoms with van der Waals surface area (Å²) in [6, 6.07) is 10.9. The largest absolute Gasteiger partial charge is 0.356 e. The van der Waals surface area contributed by atoms with Gasteiger partial charge in [-0.25, -0.2) is 4.98 Å². The topological polar surface area (TPSA) is 57.5 Å². The molecular formula is C23H39IN6. The monoisotopic (exact) mass is 526 g/mol. The zero-order valence-corrected chi connectivity index (χ0v) is 21.3. The molecule has 30 heavy (non-hydrogen) atoms. The number of aromatic nitrogens is 2. The number of aliphatic imine (C=N–C) groups is 1. The molecule has 0 saturated carbocycles. The predicted molar refractivity (Wildman–Crippen MR) is 138 cm³/mol. The van der Waals surface area contributed by atoms with Gasteiger partial charge in [-0.3, -0.25) is 4.99 Å². The van der Waals surface area contributed by atoms with Crippen molar-refractivity contribution in [3.05, 3.63) is 54.1 Å². The Hall–Kier alpha value is -1.61. The molecule has 7 heteroatoms. The van der Waals surface area contributed by atoms with Gasteiger partial charge >= 0.3 is 0 Å². The quantitative estimate of drug-likeness (QED) is 0.251. The molecule has 168 valence electrons. The number of hydrogen-bond acceptors (Lipinski definition) is 3. The van der Waals surface area contributed by atoms with Crippen molar-refractivity contribution in [2.75, 3.05) is 33.2 Å². The van der Waals surface area contributed by atoms with Crippen LogP contribution in [-0.4, -0.2) is 59.7 Å². The van der Waals surface area contributed by atoms with Crippen molar-refractivity contribution in [1.82, 2.24) is 25.1 Å². The summed E-state index contributed by atoms with van der Waals surface area (Å²) in [7, 11) is 1.83. The first-order valence-electron chi connectivity index (χ1n) is 10.9. The number of nitrogens with zero attached hydrogens (tertiary/aromatic N) is 4. The molecule has 0 aliphatic carbocycles. The Morgan fingerprint density at radius 1 is 1.20 bits per heavy atom. The maximum absolute atomic E-state index is 4.53. The summed E-state index contributed by atoms with van der Waals surface area (Å²) in [5.41, 5.74) is 1.29. The molecule has 1 heterocycles. The number of halogens is 1. The molecule has 1 unspecified atom stereocenters. The molecule has 0 aliphatic heterocycles. The minimum atomic E-state index is 0. The van der Waals surface area contributed by atoms with Crippen LogP contribution in [0.5, 0.6) is 0 Å². The summed E-state index contributed by atoms with van der Waals surface area (Å²) in [5.74, 6) is 1.95. The summed E-state index contributed by atoms with van der Waals surface area (Å²) < 4.78 is 2.21. The van der Waals surface area contributed by atoms with Crippen molar-refractivity contribution < 1.29 is 0 Å². The van der Waals surface area contributed by atoms with Crippen molar-refractivity contribution in [2.45, 2.75) is 52.6 Å². The fourth-order valence-electron chi connectivity index (χ4n) is 3.45. The van der Waals surface area contributed by atoms with Gasteiger partial charge in [0, 0.05) is 45.0 Å². The minimum absolute atomic E-state index is 0. The van der Waals surface area contributed by atoms with E-state index in [1.807, 2.05) is 25.5 Å². The van der Waals surface area contributed by atoms with Crippen LogP contribution >= 0.6 is 24.0 Å². The van der Waals surface area contributed by atoms with Gasteiger partial charge in [0.25, 0.3) is 0 Å². The third kappa shape index (κ3) is 9.47. The van der Waals surface area contributed by atoms with E-state index in [1.54, 1.807) is 0 Å². The average molecular weight is 527 g/mol. The smallest absolute Gasteiger partial charge is 0.191 e. The zero-order valence-electron chi connectivity index (χ0n) is 19.0. The van der Waals surface area contributed by atoms with E-state index >= 15 is 0 Å². The maximum Gasteiger partial charge on any atom is 0.191 e. The van der Waals surface area contributed by atoms with Gasteiger partial charge in [0.15, 0.2) is 5.96 Å². The third-order valence-electron chi connectivity index (χ3n) is 5.25. The lowest BCUT2D eigenvalue weighted by Gasteiger charge is -2.21. The molecule has 0 spiro atoms. The van der Waals surface area contributed by atoms with Crippen LogP contribution in [0.1, 0.15) is 45.0 Å². The highest BCUT2D eigenvalue weighted by Gasteiger charge is 2.08. The fourth-order valence-corrected chi connectivity index (χ4v) is 3.45. The molecule has 2 aromatic rings. The normalized spacial score (nSPS) is 12.5. The molecule has 0 saturated heterocycles. The third-order valence-corrected chi connectivity index (χ3v) is 5.25. The molecule has 1 aromatic heterocycles. The van der Waals surface area contributed by atoms with Gasteiger partial charge in [0.2, 0.25) is 0 Å². The molecule has 0 amide bonds. The molecule has 1 aromatic carbocycles.